The van der Waals surface area contributed by atoms with Crippen molar-refractivity contribution in [3.63, 3.8) is 0 Å². The van der Waals surface area contributed by atoms with E-state index in [9.17, 15) is 34.2 Å². The minimum Gasteiger partial charge on any atom is -0.307 e. The average molecular weight is 805 g/mol. The van der Waals surface area contributed by atoms with Crippen LogP contribution >= 0.6 is 0 Å². The Kier molecular flexibility index (Phi) is 8.70. The van der Waals surface area contributed by atoms with Gasteiger partial charge in [-0.3, -0.25) is 0 Å². The molecule has 0 atom stereocenters. The zero-order chi connectivity index (χ0) is 42.7. The third kappa shape index (κ3) is 6.01. The van der Waals surface area contributed by atoms with Crippen LogP contribution in [0.15, 0.2) is 164 Å². The van der Waals surface area contributed by atoms with Gasteiger partial charge in [-0.2, -0.15) is 34.2 Å². The summed E-state index contributed by atoms with van der Waals surface area (Å²) in [5.74, 6) is 0. The fraction of sp³-hybridized carbons (Fsp3) is 0.0189. The molecule has 0 saturated carbocycles. The number of fused-ring (bicyclic) bond motifs is 6. The van der Waals surface area contributed by atoms with Crippen LogP contribution in [0.3, 0.4) is 0 Å². The van der Waals surface area contributed by atoms with Crippen molar-refractivity contribution in [3.05, 3.63) is 192 Å². The summed E-state index contributed by atoms with van der Waals surface area (Å²) in [7, 11) is 0. The number of nitrogens with zero attached hydrogens (tertiary/aromatic N) is 6. The molecule has 2 aromatic heterocycles. The average Bonchev–Trinajstić information content (AvgIpc) is 3.82. The van der Waals surface area contributed by atoms with Gasteiger partial charge < -0.3 is 9.13 Å². The molecular weight excluding hydrogens is 778 g/mol. The second-order valence-electron chi connectivity index (χ2n) is 14.9. The molecule has 0 saturated heterocycles. The molecule has 0 unspecified atom stereocenters. The fourth-order valence-corrected chi connectivity index (χ4v) is 8.66. The monoisotopic (exact) mass is 804 g/mol. The van der Waals surface area contributed by atoms with Crippen LogP contribution in [0, 0.1) is 45.3 Å². The molecule has 9 heteroatoms. The van der Waals surface area contributed by atoms with Crippen molar-refractivity contribution in [2.24, 2.45) is 0 Å². The molecule has 10 rings (SSSR count). The Bertz CT molecular complexity index is 3690. The summed E-state index contributed by atoms with van der Waals surface area (Å²) in [6.45, 7) is 0. The van der Waals surface area contributed by atoms with Crippen LogP contribution in [-0.2, 0) is 6.18 Å². The second-order valence-corrected chi connectivity index (χ2v) is 14.9. The number of hydrogen-bond acceptors (Lipinski definition) is 4. The summed E-state index contributed by atoms with van der Waals surface area (Å²) in [6, 6.07) is 58.2. The molecule has 8 aromatic carbocycles. The zero-order valence-electron chi connectivity index (χ0n) is 32.4. The van der Waals surface area contributed by atoms with Crippen molar-refractivity contribution < 1.29 is 13.2 Å². The van der Waals surface area contributed by atoms with E-state index in [0.29, 0.717) is 28.1 Å². The van der Waals surface area contributed by atoms with Crippen LogP contribution in [0.4, 0.5) is 13.2 Å². The van der Waals surface area contributed by atoms with Crippen molar-refractivity contribution in [3.8, 4) is 69.0 Å². The van der Waals surface area contributed by atoms with Crippen LogP contribution in [0.1, 0.15) is 27.8 Å². The Morgan fingerprint density at radius 3 is 1.34 bits per heavy atom. The van der Waals surface area contributed by atoms with E-state index in [1.165, 1.54) is 6.07 Å². The fourth-order valence-electron chi connectivity index (χ4n) is 8.66. The number of halogens is 3. The maximum Gasteiger partial charge on any atom is 0.416 e. The van der Waals surface area contributed by atoms with Crippen LogP contribution in [0.5, 0.6) is 0 Å². The smallest absolute Gasteiger partial charge is 0.307 e. The van der Waals surface area contributed by atoms with Crippen LogP contribution in [-0.4, -0.2) is 9.13 Å². The number of benzene rings is 8. The Hall–Kier alpha value is -8.89. The molecule has 0 aliphatic carbocycles. The first-order valence-corrected chi connectivity index (χ1v) is 19.5. The molecule has 0 fully saturated rings. The van der Waals surface area contributed by atoms with E-state index in [0.717, 1.165) is 78.0 Å². The van der Waals surface area contributed by atoms with E-state index >= 15 is 0 Å². The van der Waals surface area contributed by atoms with Gasteiger partial charge in [0.2, 0.25) is 0 Å². The predicted octanol–water partition coefficient (Wildman–Crippen LogP) is 13.4. The molecule has 0 aliphatic heterocycles. The largest absolute Gasteiger partial charge is 0.416 e. The van der Waals surface area contributed by atoms with Crippen LogP contribution in [0.25, 0.3) is 88.4 Å². The highest BCUT2D eigenvalue weighted by Crippen LogP contribution is 2.43. The van der Waals surface area contributed by atoms with E-state index in [2.05, 4.69) is 39.5 Å². The molecule has 2 heterocycles. The van der Waals surface area contributed by atoms with Gasteiger partial charge in [0.1, 0.15) is 0 Å². The van der Waals surface area contributed by atoms with Crippen LogP contribution < -0.4 is 0 Å². The zero-order valence-corrected chi connectivity index (χ0v) is 32.4. The van der Waals surface area contributed by atoms with Gasteiger partial charge in [-0.25, -0.2) is 0 Å². The molecule has 0 amide bonds. The van der Waals surface area contributed by atoms with Gasteiger partial charge in [0.05, 0.1) is 85.5 Å². The molecule has 0 radical (unpaired) electrons. The predicted molar refractivity (Wildman–Crippen MR) is 235 cm³/mol. The van der Waals surface area contributed by atoms with Crippen LogP contribution in [0.2, 0.25) is 0 Å². The summed E-state index contributed by atoms with van der Waals surface area (Å²) < 4.78 is 46.0. The highest BCUT2D eigenvalue weighted by Gasteiger charge is 2.32. The highest BCUT2D eigenvalue weighted by atomic mass is 19.4. The third-order valence-electron chi connectivity index (χ3n) is 11.5. The van der Waals surface area contributed by atoms with E-state index in [1.807, 2.05) is 115 Å². The molecule has 0 bridgehead atoms. The number of para-hydroxylation sites is 2. The van der Waals surface area contributed by atoms with E-state index < -0.39 is 11.7 Å². The van der Waals surface area contributed by atoms with Crippen molar-refractivity contribution in [1.29, 1.82) is 21.0 Å². The lowest BCUT2D eigenvalue weighted by molar-refractivity contribution is -0.137. The minimum atomic E-state index is -4.68. The third-order valence-corrected chi connectivity index (χ3v) is 11.5. The quantitative estimate of drug-likeness (QED) is 0.173. The Morgan fingerprint density at radius 2 is 0.839 bits per heavy atom. The number of alkyl halides is 3. The van der Waals surface area contributed by atoms with Gasteiger partial charge in [-0.05, 0) is 107 Å². The number of rotatable bonds is 5. The van der Waals surface area contributed by atoms with E-state index in [1.54, 1.807) is 24.3 Å². The first-order valence-electron chi connectivity index (χ1n) is 19.5. The number of aromatic nitrogens is 2. The molecule has 62 heavy (non-hydrogen) atoms. The molecule has 0 spiro atoms. The Balaban J connectivity index is 1.31. The molecular formula is C53H27F3N6. The van der Waals surface area contributed by atoms with Gasteiger partial charge in [0.15, 0.2) is 0 Å². The maximum absolute atomic E-state index is 13.9. The summed E-state index contributed by atoms with van der Waals surface area (Å²) in [6.07, 6.45) is -4.68. The number of nitriles is 4. The SMILES string of the molecule is N#Cc1cccc(-c2ccc3c(c2)c2ccccc2n3-c2cc(C#N)c(-c3ccc(C(F)(F)F)cc3C#N)cc2-n2c3ccccc3c3cc(-c4cccc(C#N)c4)ccc32)c1. The summed E-state index contributed by atoms with van der Waals surface area (Å²) in [4.78, 5) is 0. The van der Waals surface area contributed by atoms with E-state index in [-0.39, 0.29) is 16.7 Å². The maximum atomic E-state index is 13.9. The van der Waals surface area contributed by atoms with Crippen molar-refractivity contribution in [2.45, 2.75) is 6.18 Å². The van der Waals surface area contributed by atoms with Crippen molar-refractivity contribution in [1.82, 2.24) is 9.13 Å². The van der Waals surface area contributed by atoms with Gasteiger partial charge >= 0.3 is 6.18 Å². The van der Waals surface area contributed by atoms with E-state index in [4.69, 9.17) is 0 Å². The van der Waals surface area contributed by atoms with Gasteiger partial charge in [0, 0.05) is 32.7 Å². The Labute approximate surface area is 352 Å². The first kappa shape index (κ1) is 37.4. The lowest BCUT2D eigenvalue weighted by Crippen LogP contribution is -2.07. The standard InChI is InChI=1S/C53H27F3N6/c54-53(55,56)40-17-18-41(38(23-40)30-59)44-27-52(62-48-14-4-2-12-43(48)46-25-37(16-20-50(46)62)35-10-6-8-33(22-35)29-58)51(26-39(44)31-60)61-47-13-3-1-11-42(47)45-24-36(15-19-49(45)61)34-9-5-7-32(21-34)28-57/h1-27H. The molecule has 6 nitrogen and oxygen atoms in total. The Morgan fingerprint density at radius 1 is 0.371 bits per heavy atom. The van der Waals surface area contributed by atoms with Gasteiger partial charge in [0.25, 0.3) is 0 Å². The first-order chi connectivity index (χ1) is 30.2. The highest BCUT2D eigenvalue weighted by molar-refractivity contribution is 6.13. The molecule has 290 valence electrons. The van der Waals surface area contributed by atoms with Crippen molar-refractivity contribution in [2.75, 3.05) is 0 Å². The summed E-state index contributed by atoms with van der Waals surface area (Å²) in [5.41, 5.74) is 8.68. The molecule has 0 N–H and O–H groups in total. The molecule has 0 aliphatic rings. The lowest BCUT2D eigenvalue weighted by Gasteiger charge is -2.20. The van der Waals surface area contributed by atoms with Gasteiger partial charge in [-0.15, -0.1) is 0 Å². The van der Waals surface area contributed by atoms with Crippen molar-refractivity contribution >= 4 is 43.6 Å². The van der Waals surface area contributed by atoms with Gasteiger partial charge in [-0.1, -0.05) is 78.9 Å². The summed E-state index contributed by atoms with van der Waals surface area (Å²) >= 11 is 0. The molecule has 10 aromatic rings. The number of hydrogen-bond donors (Lipinski definition) is 0. The lowest BCUT2D eigenvalue weighted by atomic mass is 9.93. The normalized spacial score (nSPS) is 11.4. The topological polar surface area (TPSA) is 105 Å². The summed E-state index contributed by atoms with van der Waals surface area (Å²) in [5, 5.41) is 44.1. The minimum absolute atomic E-state index is 0.163. The second kappa shape index (κ2) is 14.4.